The third-order valence-corrected chi connectivity index (χ3v) is 3.75. The molecule has 19 heavy (non-hydrogen) atoms. The van der Waals surface area contributed by atoms with E-state index in [0.29, 0.717) is 16.0 Å². The number of carboxylic acids is 1. The molecule has 0 atom stereocenters. The average Bonchev–Trinajstić information content (AvgIpc) is 2.77. The Balaban J connectivity index is 2.51. The summed E-state index contributed by atoms with van der Waals surface area (Å²) in [6.07, 6.45) is -4.41. The normalized spacial score (nSPS) is 11.6. The van der Waals surface area contributed by atoms with Gasteiger partial charge in [-0.3, -0.25) is 0 Å². The highest BCUT2D eigenvalue weighted by Crippen LogP contribution is 2.36. The lowest BCUT2D eigenvalue weighted by Gasteiger charge is -2.10. The average molecular weight is 286 g/mol. The summed E-state index contributed by atoms with van der Waals surface area (Å²) >= 11 is 0.961. The van der Waals surface area contributed by atoms with Crippen LogP contribution in [0, 0.1) is 6.92 Å². The Labute approximate surface area is 111 Å². The van der Waals surface area contributed by atoms with E-state index in [-0.39, 0.29) is 4.88 Å². The van der Waals surface area contributed by atoms with Gasteiger partial charge in [0.25, 0.3) is 0 Å². The summed E-state index contributed by atoms with van der Waals surface area (Å²) in [6, 6.07) is 6.37. The van der Waals surface area contributed by atoms with Crippen molar-refractivity contribution in [1.82, 2.24) is 0 Å². The van der Waals surface area contributed by atoms with Crippen LogP contribution in [0.2, 0.25) is 0 Å². The molecule has 0 spiro atoms. The zero-order valence-electron chi connectivity index (χ0n) is 9.78. The number of hydrogen-bond donors (Lipinski definition) is 1. The van der Waals surface area contributed by atoms with Crippen molar-refractivity contribution in [2.24, 2.45) is 0 Å². The van der Waals surface area contributed by atoms with E-state index in [2.05, 4.69) is 0 Å². The van der Waals surface area contributed by atoms with Crippen molar-refractivity contribution in [2.75, 3.05) is 0 Å². The van der Waals surface area contributed by atoms with Gasteiger partial charge < -0.3 is 5.11 Å². The second-order valence-corrected chi connectivity index (χ2v) is 5.08. The second-order valence-electron chi connectivity index (χ2n) is 4.00. The second kappa shape index (κ2) is 4.70. The highest BCUT2D eigenvalue weighted by molar-refractivity contribution is 7.17. The van der Waals surface area contributed by atoms with Crippen molar-refractivity contribution in [3.05, 3.63) is 46.3 Å². The van der Waals surface area contributed by atoms with E-state index in [4.69, 9.17) is 5.11 Å². The molecule has 2 nitrogen and oxygen atoms in total. The highest BCUT2D eigenvalue weighted by Gasteiger charge is 2.31. The number of aromatic carboxylic acids is 1. The molecule has 0 unspecified atom stereocenters. The molecule has 1 aromatic heterocycles. The standard InChI is InChI=1S/C13H9F3O2S/c1-7-2-3-8(13(14,15)16)6-9(7)10-4-5-11(19-10)12(17)18/h2-6H,1H3,(H,17,18). The van der Waals surface area contributed by atoms with Crippen LogP contribution in [0.1, 0.15) is 20.8 Å². The third-order valence-electron chi connectivity index (χ3n) is 2.65. The summed E-state index contributed by atoms with van der Waals surface area (Å²) in [5, 5.41) is 8.83. The van der Waals surface area contributed by atoms with Crippen molar-refractivity contribution in [3.8, 4) is 10.4 Å². The molecule has 0 aliphatic rings. The maximum absolute atomic E-state index is 12.7. The molecule has 1 aromatic carbocycles. The van der Waals surface area contributed by atoms with Gasteiger partial charge in [0.1, 0.15) is 4.88 Å². The van der Waals surface area contributed by atoms with Crippen LogP contribution in [0.25, 0.3) is 10.4 Å². The zero-order chi connectivity index (χ0) is 14.2. The Morgan fingerprint density at radius 1 is 1.21 bits per heavy atom. The Kier molecular flexibility index (Phi) is 3.36. The number of rotatable bonds is 2. The topological polar surface area (TPSA) is 37.3 Å². The van der Waals surface area contributed by atoms with Crippen molar-refractivity contribution in [3.63, 3.8) is 0 Å². The van der Waals surface area contributed by atoms with Gasteiger partial charge in [-0.05, 0) is 42.3 Å². The van der Waals surface area contributed by atoms with Crippen LogP contribution in [0.3, 0.4) is 0 Å². The molecule has 0 radical (unpaired) electrons. The molecule has 0 aliphatic heterocycles. The molecule has 1 N–H and O–H groups in total. The van der Waals surface area contributed by atoms with Crippen LogP contribution in [0.5, 0.6) is 0 Å². The fraction of sp³-hybridized carbons (Fsp3) is 0.154. The first-order valence-corrected chi connectivity index (χ1v) is 6.12. The van der Waals surface area contributed by atoms with Gasteiger partial charge in [0.15, 0.2) is 0 Å². The summed E-state index contributed by atoms with van der Waals surface area (Å²) in [5.74, 6) is -1.08. The first-order chi connectivity index (χ1) is 8.79. The molecule has 0 aliphatic carbocycles. The molecule has 2 rings (SSSR count). The molecule has 0 bridgehead atoms. The largest absolute Gasteiger partial charge is 0.477 e. The molecule has 0 fully saturated rings. The SMILES string of the molecule is Cc1ccc(C(F)(F)F)cc1-c1ccc(C(=O)O)s1. The summed E-state index contributed by atoms with van der Waals surface area (Å²) in [6.45, 7) is 1.69. The fourth-order valence-electron chi connectivity index (χ4n) is 1.66. The number of aryl methyl sites for hydroxylation is 1. The van der Waals surface area contributed by atoms with Gasteiger partial charge in [-0.2, -0.15) is 13.2 Å². The van der Waals surface area contributed by atoms with Crippen LogP contribution in [-0.2, 0) is 6.18 Å². The Hall–Kier alpha value is -1.82. The minimum absolute atomic E-state index is 0.104. The lowest BCUT2D eigenvalue weighted by atomic mass is 10.0. The quantitative estimate of drug-likeness (QED) is 0.886. The lowest BCUT2D eigenvalue weighted by Crippen LogP contribution is -2.05. The van der Waals surface area contributed by atoms with E-state index in [1.807, 2.05) is 0 Å². The van der Waals surface area contributed by atoms with Gasteiger partial charge in [0, 0.05) is 4.88 Å². The summed E-state index contributed by atoms with van der Waals surface area (Å²) in [7, 11) is 0. The maximum atomic E-state index is 12.7. The van der Waals surface area contributed by atoms with E-state index in [1.165, 1.54) is 18.2 Å². The minimum Gasteiger partial charge on any atom is -0.477 e. The predicted molar refractivity (Wildman–Crippen MR) is 66.5 cm³/mol. The van der Waals surface area contributed by atoms with Crippen LogP contribution in [0.4, 0.5) is 13.2 Å². The molecule has 6 heteroatoms. The summed E-state index contributed by atoms with van der Waals surface area (Å²) in [4.78, 5) is 11.4. The monoisotopic (exact) mass is 286 g/mol. The van der Waals surface area contributed by atoms with Crippen LogP contribution >= 0.6 is 11.3 Å². The lowest BCUT2D eigenvalue weighted by molar-refractivity contribution is -0.137. The van der Waals surface area contributed by atoms with Gasteiger partial charge in [-0.1, -0.05) is 6.07 Å². The fourth-order valence-corrected chi connectivity index (χ4v) is 2.59. The molecular weight excluding hydrogens is 277 g/mol. The van der Waals surface area contributed by atoms with E-state index >= 15 is 0 Å². The van der Waals surface area contributed by atoms with E-state index < -0.39 is 17.7 Å². The molecule has 2 aromatic rings. The Morgan fingerprint density at radius 3 is 2.42 bits per heavy atom. The number of hydrogen-bond acceptors (Lipinski definition) is 2. The minimum atomic E-state index is -4.41. The predicted octanol–water partition coefficient (Wildman–Crippen LogP) is 4.44. The van der Waals surface area contributed by atoms with Crippen molar-refractivity contribution < 1.29 is 23.1 Å². The molecular formula is C13H9F3O2S. The Morgan fingerprint density at radius 2 is 1.89 bits per heavy atom. The van der Waals surface area contributed by atoms with Crippen molar-refractivity contribution in [1.29, 1.82) is 0 Å². The first kappa shape index (κ1) is 13.6. The molecule has 1 heterocycles. The number of halogens is 3. The maximum Gasteiger partial charge on any atom is 0.416 e. The van der Waals surface area contributed by atoms with Gasteiger partial charge in [0.2, 0.25) is 0 Å². The van der Waals surface area contributed by atoms with Gasteiger partial charge >= 0.3 is 12.1 Å². The van der Waals surface area contributed by atoms with E-state index in [1.54, 1.807) is 6.92 Å². The molecule has 0 amide bonds. The molecule has 0 saturated carbocycles. The number of carbonyl (C=O) groups is 1. The number of carboxylic acid groups (broad SMARTS) is 1. The summed E-state index contributed by atoms with van der Waals surface area (Å²) in [5.41, 5.74) is 0.345. The van der Waals surface area contributed by atoms with Crippen molar-refractivity contribution in [2.45, 2.75) is 13.1 Å². The van der Waals surface area contributed by atoms with Crippen LogP contribution in [-0.4, -0.2) is 11.1 Å². The van der Waals surface area contributed by atoms with Gasteiger partial charge in [0.05, 0.1) is 5.56 Å². The molecule has 0 saturated heterocycles. The summed E-state index contributed by atoms with van der Waals surface area (Å²) < 4.78 is 38.0. The zero-order valence-corrected chi connectivity index (χ0v) is 10.6. The van der Waals surface area contributed by atoms with Crippen LogP contribution < -0.4 is 0 Å². The van der Waals surface area contributed by atoms with E-state index in [9.17, 15) is 18.0 Å². The van der Waals surface area contributed by atoms with Gasteiger partial charge in [-0.15, -0.1) is 11.3 Å². The first-order valence-electron chi connectivity index (χ1n) is 5.30. The number of alkyl halides is 3. The highest BCUT2D eigenvalue weighted by atomic mass is 32.1. The van der Waals surface area contributed by atoms with E-state index in [0.717, 1.165) is 23.5 Å². The smallest absolute Gasteiger partial charge is 0.416 e. The number of thiophene rings is 1. The van der Waals surface area contributed by atoms with Crippen LogP contribution in [0.15, 0.2) is 30.3 Å². The third kappa shape index (κ3) is 2.78. The van der Waals surface area contributed by atoms with Crippen molar-refractivity contribution >= 4 is 17.3 Å². The van der Waals surface area contributed by atoms with Gasteiger partial charge in [-0.25, -0.2) is 4.79 Å². The Bertz CT molecular complexity index is 629. The number of benzene rings is 1. The molecule has 100 valence electrons.